The number of carbonyl (C=O) groups is 2. The molecule has 1 unspecified atom stereocenters. The highest BCUT2D eigenvalue weighted by atomic mass is 35.5. The second-order valence-corrected chi connectivity index (χ2v) is 7.33. The Labute approximate surface area is 180 Å². The molecule has 0 aliphatic heterocycles. The van der Waals surface area contributed by atoms with E-state index in [0.29, 0.717) is 16.5 Å². The Morgan fingerprint density at radius 1 is 1.07 bits per heavy atom. The van der Waals surface area contributed by atoms with E-state index in [1.165, 1.54) is 4.90 Å². The Kier molecular flexibility index (Phi) is 7.51. The second kappa shape index (κ2) is 10.5. The molecule has 0 fully saturated rings. The van der Waals surface area contributed by atoms with Gasteiger partial charge in [-0.3, -0.25) is 4.79 Å². The Morgan fingerprint density at radius 2 is 1.87 bits per heavy atom. The van der Waals surface area contributed by atoms with Crippen LogP contribution in [-0.4, -0.2) is 23.4 Å². The van der Waals surface area contributed by atoms with Crippen molar-refractivity contribution in [3.63, 3.8) is 0 Å². The van der Waals surface area contributed by atoms with Crippen LogP contribution in [0.15, 0.2) is 77.4 Å². The van der Waals surface area contributed by atoms with Gasteiger partial charge in [0.05, 0.1) is 18.8 Å². The number of carbonyl (C=O) groups excluding carboxylic acids is 2. The molecule has 0 radical (unpaired) electrons. The molecule has 1 atom stereocenters. The molecule has 0 aliphatic rings. The van der Waals surface area contributed by atoms with Gasteiger partial charge in [-0.1, -0.05) is 48.0 Å². The van der Waals surface area contributed by atoms with Gasteiger partial charge in [-0.05, 0) is 42.8 Å². The van der Waals surface area contributed by atoms with Crippen LogP contribution in [0.1, 0.15) is 30.7 Å². The number of halogens is 1. The van der Waals surface area contributed by atoms with Crippen LogP contribution in [0.2, 0.25) is 5.02 Å². The highest BCUT2D eigenvalue weighted by Crippen LogP contribution is 2.17. The van der Waals surface area contributed by atoms with Crippen LogP contribution in [0.25, 0.3) is 0 Å². The van der Waals surface area contributed by atoms with Crippen molar-refractivity contribution in [2.45, 2.75) is 25.9 Å². The summed E-state index contributed by atoms with van der Waals surface area (Å²) in [7, 11) is 0. The van der Waals surface area contributed by atoms with Crippen molar-refractivity contribution in [3.05, 3.63) is 89.3 Å². The average molecular weight is 426 g/mol. The number of urea groups is 1. The highest BCUT2D eigenvalue weighted by molar-refractivity contribution is 6.30. The topological polar surface area (TPSA) is 74.6 Å². The summed E-state index contributed by atoms with van der Waals surface area (Å²) in [5.74, 6) is 0.501. The summed E-state index contributed by atoms with van der Waals surface area (Å²) < 4.78 is 5.37. The summed E-state index contributed by atoms with van der Waals surface area (Å²) in [5.41, 5.74) is 1.61. The summed E-state index contributed by atoms with van der Waals surface area (Å²) in [4.78, 5) is 26.8. The van der Waals surface area contributed by atoms with Crippen molar-refractivity contribution in [1.82, 2.24) is 10.2 Å². The number of nitrogens with one attached hydrogen (secondary N) is 2. The van der Waals surface area contributed by atoms with Crippen molar-refractivity contribution in [1.29, 1.82) is 0 Å². The quantitative estimate of drug-likeness (QED) is 0.518. The lowest BCUT2D eigenvalue weighted by Crippen LogP contribution is -2.38. The third-order valence-corrected chi connectivity index (χ3v) is 4.81. The molecule has 156 valence electrons. The smallest absolute Gasteiger partial charge is 0.322 e. The number of rotatable bonds is 8. The van der Waals surface area contributed by atoms with E-state index in [9.17, 15) is 9.59 Å². The van der Waals surface area contributed by atoms with E-state index in [1.54, 1.807) is 42.7 Å². The number of benzene rings is 2. The summed E-state index contributed by atoms with van der Waals surface area (Å²) in [6, 6.07) is 19.7. The molecule has 3 rings (SSSR count). The van der Waals surface area contributed by atoms with Crippen molar-refractivity contribution >= 4 is 29.2 Å². The molecule has 6 nitrogen and oxygen atoms in total. The van der Waals surface area contributed by atoms with Gasteiger partial charge in [-0.25, -0.2) is 4.79 Å². The Hall–Kier alpha value is -3.25. The van der Waals surface area contributed by atoms with Gasteiger partial charge < -0.3 is 20.0 Å². The van der Waals surface area contributed by atoms with Gasteiger partial charge in [0, 0.05) is 23.7 Å². The lowest BCUT2D eigenvalue weighted by Gasteiger charge is -2.23. The normalized spacial score (nSPS) is 11.5. The van der Waals surface area contributed by atoms with Crippen LogP contribution in [0.4, 0.5) is 10.5 Å². The van der Waals surface area contributed by atoms with Crippen molar-refractivity contribution in [3.8, 4) is 0 Å². The van der Waals surface area contributed by atoms with Crippen LogP contribution in [0.5, 0.6) is 0 Å². The van der Waals surface area contributed by atoms with E-state index in [4.69, 9.17) is 16.0 Å². The van der Waals surface area contributed by atoms with Crippen molar-refractivity contribution in [2.24, 2.45) is 0 Å². The zero-order valence-electron chi connectivity index (χ0n) is 16.7. The molecule has 1 heterocycles. The predicted octanol–water partition coefficient (Wildman–Crippen LogP) is 5.23. The van der Waals surface area contributed by atoms with Crippen LogP contribution in [0.3, 0.4) is 0 Å². The average Bonchev–Trinajstić information content (AvgIpc) is 3.25. The van der Waals surface area contributed by atoms with Gasteiger partial charge in [0.15, 0.2) is 0 Å². The molecule has 0 saturated carbocycles. The van der Waals surface area contributed by atoms with Crippen LogP contribution >= 0.6 is 11.6 Å². The number of hydrogen-bond acceptors (Lipinski definition) is 3. The maximum Gasteiger partial charge on any atom is 0.322 e. The van der Waals surface area contributed by atoms with Gasteiger partial charge in [-0.2, -0.15) is 0 Å². The van der Waals surface area contributed by atoms with Gasteiger partial charge >= 0.3 is 6.03 Å². The molecule has 30 heavy (non-hydrogen) atoms. The molecular weight excluding hydrogens is 402 g/mol. The Balaban J connectivity index is 1.60. The van der Waals surface area contributed by atoms with E-state index in [-0.39, 0.29) is 37.5 Å². The zero-order chi connectivity index (χ0) is 21.3. The van der Waals surface area contributed by atoms with E-state index < -0.39 is 0 Å². The molecule has 0 spiro atoms. The minimum atomic E-state index is -0.336. The number of hydrogen-bond donors (Lipinski definition) is 2. The molecule has 2 N–H and O–H groups in total. The largest absolute Gasteiger partial charge is 0.467 e. The van der Waals surface area contributed by atoms with Crippen molar-refractivity contribution < 1.29 is 14.0 Å². The lowest BCUT2D eigenvalue weighted by molar-refractivity contribution is -0.121. The summed E-state index contributed by atoms with van der Waals surface area (Å²) in [6.07, 6.45) is 1.72. The maximum absolute atomic E-state index is 12.8. The van der Waals surface area contributed by atoms with Gasteiger partial charge in [0.25, 0.3) is 0 Å². The number of nitrogens with zero attached hydrogens (tertiary/aromatic N) is 1. The predicted molar refractivity (Wildman–Crippen MR) is 117 cm³/mol. The Bertz CT molecular complexity index is 961. The molecule has 0 bridgehead atoms. The fraction of sp³-hybridized carbons (Fsp3) is 0.217. The van der Waals surface area contributed by atoms with Crippen LogP contribution in [-0.2, 0) is 11.3 Å². The zero-order valence-corrected chi connectivity index (χ0v) is 17.4. The third kappa shape index (κ3) is 6.39. The first kappa shape index (κ1) is 21.5. The minimum absolute atomic E-state index is 0.113. The molecule has 3 amide bonds. The first-order chi connectivity index (χ1) is 14.5. The first-order valence-electron chi connectivity index (χ1n) is 9.69. The standard InChI is InChI=1S/C23H24ClN3O3/c1-17(18-7-3-2-4-8-18)25-22(28)12-13-27(16-21-11-6-14-30-21)23(29)26-20-10-5-9-19(24)15-20/h2-11,14-15,17H,12-13,16H2,1H3,(H,25,28)(H,26,29). The third-order valence-electron chi connectivity index (χ3n) is 4.58. The Morgan fingerprint density at radius 3 is 2.57 bits per heavy atom. The molecule has 1 aromatic heterocycles. The summed E-state index contributed by atoms with van der Waals surface area (Å²) in [6.45, 7) is 2.42. The molecule has 0 aliphatic carbocycles. The summed E-state index contributed by atoms with van der Waals surface area (Å²) in [5, 5.41) is 6.31. The number of furan rings is 1. The SMILES string of the molecule is CC(NC(=O)CCN(Cc1ccco1)C(=O)Nc1cccc(Cl)c1)c1ccccc1. The maximum atomic E-state index is 12.8. The molecular formula is C23H24ClN3O3. The lowest BCUT2D eigenvalue weighted by atomic mass is 10.1. The van der Waals surface area contributed by atoms with Gasteiger partial charge in [-0.15, -0.1) is 0 Å². The molecule has 2 aromatic carbocycles. The molecule has 3 aromatic rings. The number of amides is 3. The minimum Gasteiger partial charge on any atom is -0.467 e. The van der Waals surface area contributed by atoms with Crippen LogP contribution in [0, 0.1) is 0 Å². The van der Waals surface area contributed by atoms with E-state index in [1.807, 2.05) is 37.3 Å². The van der Waals surface area contributed by atoms with E-state index >= 15 is 0 Å². The first-order valence-corrected chi connectivity index (χ1v) is 10.1. The van der Waals surface area contributed by atoms with E-state index in [0.717, 1.165) is 5.56 Å². The molecule has 0 saturated heterocycles. The van der Waals surface area contributed by atoms with E-state index in [2.05, 4.69) is 10.6 Å². The summed E-state index contributed by atoms with van der Waals surface area (Å²) >= 11 is 5.99. The molecule has 7 heteroatoms. The van der Waals surface area contributed by atoms with Gasteiger partial charge in [0.1, 0.15) is 5.76 Å². The fourth-order valence-electron chi connectivity index (χ4n) is 2.99. The van der Waals surface area contributed by atoms with Gasteiger partial charge in [0.2, 0.25) is 5.91 Å². The van der Waals surface area contributed by atoms with Crippen molar-refractivity contribution in [2.75, 3.05) is 11.9 Å². The highest BCUT2D eigenvalue weighted by Gasteiger charge is 2.18. The van der Waals surface area contributed by atoms with Crippen LogP contribution < -0.4 is 10.6 Å². The second-order valence-electron chi connectivity index (χ2n) is 6.89. The monoisotopic (exact) mass is 425 g/mol. The fourth-order valence-corrected chi connectivity index (χ4v) is 3.18. The number of anilines is 1.